The maximum absolute atomic E-state index is 4.59. The standard InChI is InChI=1S/C11H8N6S2/c1-16-7(4-5-12-16)10-15-17-9(8-3-2-6-18-8)13-14-11(17)19-10/h2-6H,1H3. The molecule has 4 aromatic heterocycles. The molecule has 0 unspecified atom stereocenters. The van der Waals surface area contributed by atoms with E-state index in [-0.39, 0.29) is 0 Å². The SMILES string of the molecule is Cn1nccc1-c1nn2c(-c3cccs3)nnc2s1. The largest absolute Gasteiger partial charge is 0.265 e. The molecule has 4 heterocycles. The van der Waals surface area contributed by atoms with Crippen LogP contribution in [0.2, 0.25) is 0 Å². The number of rotatable bonds is 2. The van der Waals surface area contributed by atoms with Crippen LogP contribution in [0.25, 0.3) is 26.4 Å². The summed E-state index contributed by atoms with van der Waals surface area (Å²) in [6.07, 6.45) is 1.76. The van der Waals surface area contributed by atoms with Gasteiger partial charge in [0.25, 0.3) is 0 Å². The molecule has 0 aliphatic rings. The number of nitrogens with zero attached hydrogens (tertiary/aromatic N) is 6. The van der Waals surface area contributed by atoms with Crippen molar-refractivity contribution in [3.63, 3.8) is 0 Å². The number of hydrogen-bond acceptors (Lipinski definition) is 6. The van der Waals surface area contributed by atoms with E-state index in [9.17, 15) is 0 Å². The van der Waals surface area contributed by atoms with E-state index in [2.05, 4.69) is 20.4 Å². The molecule has 0 fully saturated rings. The lowest BCUT2D eigenvalue weighted by Gasteiger charge is -1.95. The van der Waals surface area contributed by atoms with E-state index in [0.29, 0.717) is 0 Å². The Hall–Kier alpha value is -2.06. The van der Waals surface area contributed by atoms with Crippen LogP contribution < -0.4 is 0 Å². The minimum atomic E-state index is 0.787. The van der Waals surface area contributed by atoms with Crippen LogP contribution in [0.3, 0.4) is 0 Å². The topological polar surface area (TPSA) is 60.9 Å². The van der Waals surface area contributed by atoms with Crippen LogP contribution in [0.1, 0.15) is 0 Å². The van der Waals surface area contributed by atoms with E-state index in [4.69, 9.17) is 0 Å². The molecular formula is C11H8N6S2. The molecule has 0 atom stereocenters. The number of fused-ring (bicyclic) bond motifs is 1. The monoisotopic (exact) mass is 288 g/mol. The first-order valence-electron chi connectivity index (χ1n) is 5.57. The van der Waals surface area contributed by atoms with Gasteiger partial charge < -0.3 is 0 Å². The fraction of sp³-hybridized carbons (Fsp3) is 0.0909. The molecule has 0 saturated carbocycles. The zero-order valence-corrected chi connectivity index (χ0v) is 11.5. The van der Waals surface area contributed by atoms with E-state index in [1.54, 1.807) is 26.7 Å². The molecule has 0 N–H and O–H groups in total. The van der Waals surface area contributed by atoms with Gasteiger partial charge in [-0.2, -0.15) is 14.7 Å². The third-order valence-corrected chi connectivity index (χ3v) is 4.56. The average molecular weight is 288 g/mol. The van der Waals surface area contributed by atoms with Gasteiger partial charge in [0.15, 0.2) is 10.8 Å². The lowest BCUT2D eigenvalue weighted by molar-refractivity contribution is 0.772. The molecule has 0 bridgehead atoms. The maximum atomic E-state index is 4.59. The van der Waals surface area contributed by atoms with E-state index in [1.807, 2.05) is 30.6 Å². The summed E-state index contributed by atoms with van der Waals surface area (Å²) < 4.78 is 3.59. The summed E-state index contributed by atoms with van der Waals surface area (Å²) >= 11 is 3.14. The Balaban J connectivity index is 1.92. The molecule has 6 nitrogen and oxygen atoms in total. The highest BCUT2D eigenvalue weighted by atomic mass is 32.1. The first-order chi connectivity index (χ1) is 9.33. The number of aromatic nitrogens is 6. The quantitative estimate of drug-likeness (QED) is 0.568. The molecule has 0 saturated heterocycles. The summed E-state index contributed by atoms with van der Waals surface area (Å²) in [6.45, 7) is 0. The number of thiophene rings is 1. The van der Waals surface area contributed by atoms with Gasteiger partial charge in [-0.25, -0.2) is 0 Å². The van der Waals surface area contributed by atoms with Crippen LogP contribution >= 0.6 is 22.7 Å². The predicted molar refractivity (Wildman–Crippen MR) is 74.2 cm³/mol. The van der Waals surface area contributed by atoms with Crippen molar-refractivity contribution < 1.29 is 0 Å². The van der Waals surface area contributed by atoms with Crippen molar-refractivity contribution in [2.24, 2.45) is 7.05 Å². The normalized spacial score (nSPS) is 11.4. The second-order valence-corrected chi connectivity index (χ2v) is 5.85. The van der Waals surface area contributed by atoms with Gasteiger partial charge in [-0.1, -0.05) is 17.4 Å². The fourth-order valence-corrected chi connectivity index (χ4v) is 3.45. The van der Waals surface area contributed by atoms with Gasteiger partial charge in [-0.3, -0.25) is 4.68 Å². The third kappa shape index (κ3) is 1.60. The first-order valence-corrected chi connectivity index (χ1v) is 7.27. The van der Waals surface area contributed by atoms with Gasteiger partial charge in [0, 0.05) is 13.2 Å². The minimum absolute atomic E-state index is 0.787. The highest BCUT2D eigenvalue weighted by molar-refractivity contribution is 7.19. The van der Waals surface area contributed by atoms with Gasteiger partial charge in [0.1, 0.15) is 0 Å². The van der Waals surface area contributed by atoms with Crippen molar-refractivity contribution in [2.45, 2.75) is 0 Å². The van der Waals surface area contributed by atoms with E-state index in [1.165, 1.54) is 11.3 Å². The maximum Gasteiger partial charge on any atom is 0.235 e. The third-order valence-electron chi connectivity index (χ3n) is 2.77. The Kier molecular flexibility index (Phi) is 2.26. The summed E-state index contributed by atoms with van der Waals surface area (Å²) in [5.74, 6) is 0.787. The minimum Gasteiger partial charge on any atom is -0.265 e. The molecule has 0 spiro atoms. The smallest absolute Gasteiger partial charge is 0.235 e. The lowest BCUT2D eigenvalue weighted by Crippen LogP contribution is -1.94. The molecule has 0 aliphatic heterocycles. The molecular weight excluding hydrogens is 280 g/mol. The second-order valence-electron chi connectivity index (χ2n) is 3.94. The zero-order chi connectivity index (χ0) is 12.8. The van der Waals surface area contributed by atoms with Crippen LogP contribution in [-0.2, 0) is 7.05 Å². The summed E-state index contributed by atoms with van der Waals surface area (Å²) in [5, 5.41) is 20.0. The van der Waals surface area contributed by atoms with Gasteiger partial charge in [0.2, 0.25) is 4.96 Å². The average Bonchev–Trinajstić information content (AvgIpc) is 3.10. The summed E-state index contributed by atoms with van der Waals surface area (Å²) in [4.78, 5) is 1.86. The molecule has 0 radical (unpaired) electrons. The van der Waals surface area contributed by atoms with E-state index in [0.717, 1.165) is 26.4 Å². The van der Waals surface area contributed by atoms with Crippen LogP contribution in [0, 0.1) is 0 Å². The molecule has 4 rings (SSSR count). The van der Waals surface area contributed by atoms with Crippen LogP contribution in [-0.4, -0.2) is 29.6 Å². The van der Waals surface area contributed by atoms with Crippen molar-refractivity contribution >= 4 is 27.6 Å². The molecule has 19 heavy (non-hydrogen) atoms. The Bertz CT molecular complexity index is 838. The summed E-state index contributed by atoms with van der Waals surface area (Å²) in [7, 11) is 1.90. The molecule has 0 aromatic carbocycles. The first kappa shape index (κ1) is 10.8. The summed E-state index contributed by atoms with van der Waals surface area (Å²) in [6, 6.07) is 5.95. The lowest BCUT2D eigenvalue weighted by atomic mass is 10.4. The Morgan fingerprint density at radius 2 is 2.16 bits per heavy atom. The molecule has 0 amide bonds. The second kappa shape index (κ2) is 3.97. The van der Waals surface area contributed by atoms with Crippen LogP contribution in [0.5, 0.6) is 0 Å². The molecule has 0 aliphatic carbocycles. The van der Waals surface area contributed by atoms with E-state index >= 15 is 0 Å². The summed E-state index contributed by atoms with van der Waals surface area (Å²) in [5.41, 5.74) is 0.979. The highest BCUT2D eigenvalue weighted by Gasteiger charge is 2.16. The Labute approximate surface area is 116 Å². The van der Waals surface area contributed by atoms with Crippen LogP contribution in [0.15, 0.2) is 29.8 Å². The van der Waals surface area contributed by atoms with Gasteiger partial charge in [0.05, 0.1) is 10.6 Å². The molecule has 8 heteroatoms. The highest BCUT2D eigenvalue weighted by Crippen LogP contribution is 2.29. The van der Waals surface area contributed by atoms with Gasteiger partial charge >= 0.3 is 0 Å². The van der Waals surface area contributed by atoms with E-state index < -0.39 is 0 Å². The number of hydrogen-bond donors (Lipinski definition) is 0. The molecule has 4 aromatic rings. The van der Waals surface area contributed by atoms with Crippen molar-refractivity contribution in [1.82, 2.24) is 29.6 Å². The molecule has 94 valence electrons. The Morgan fingerprint density at radius 1 is 1.21 bits per heavy atom. The Morgan fingerprint density at radius 3 is 2.89 bits per heavy atom. The fourth-order valence-electron chi connectivity index (χ4n) is 1.86. The van der Waals surface area contributed by atoms with Gasteiger partial charge in [-0.15, -0.1) is 21.5 Å². The van der Waals surface area contributed by atoms with Crippen molar-refractivity contribution in [3.8, 4) is 21.4 Å². The van der Waals surface area contributed by atoms with Gasteiger partial charge in [-0.05, 0) is 17.5 Å². The van der Waals surface area contributed by atoms with Crippen molar-refractivity contribution in [3.05, 3.63) is 29.8 Å². The predicted octanol–water partition coefficient (Wildman–Crippen LogP) is 2.31. The zero-order valence-electron chi connectivity index (χ0n) is 9.89. The van der Waals surface area contributed by atoms with Crippen LogP contribution in [0.4, 0.5) is 0 Å². The van der Waals surface area contributed by atoms with Crippen molar-refractivity contribution in [1.29, 1.82) is 0 Å². The number of aryl methyl sites for hydroxylation is 1. The van der Waals surface area contributed by atoms with Crippen molar-refractivity contribution in [2.75, 3.05) is 0 Å².